The summed E-state index contributed by atoms with van der Waals surface area (Å²) in [5.74, 6) is -0.251. The molecule has 1 saturated heterocycles. The maximum absolute atomic E-state index is 13.9. The highest BCUT2D eigenvalue weighted by atomic mass is 16.5. The van der Waals surface area contributed by atoms with Gasteiger partial charge in [0.05, 0.1) is 24.7 Å². The highest BCUT2D eigenvalue weighted by Crippen LogP contribution is 2.58. The fourth-order valence-electron chi connectivity index (χ4n) is 6.50. The minimum atomic E-state index is -0.847. The Labute approximate surface area is 241 Å². The third-order valence-electron chi connectivity index (χ3n) is 9.69. The number of ether oxygens (including phenoxy) is 1. The number of carbonyl (C=O) groups excluding carboxylic acids is 3. The quantitative estimate of drug-likeness (QED) is 0.313. The lowest BCUT2D eigenvalue weighted by Crippen LogP contribution is -2.54. The predicted molar refractivity (Wildman–Crippen MR) is 154 cm³/mol. The summed E-state index contributed by atoms with van der Waals surface area (Å²) in [5, 5.41) is 22.8. The second-order valence-electron chi connectivity index (χ2n) is 12.4. The number of amides is 3. The molecule has 2 unspecified atom stereocenters. The molecule has 5 rings (SSSR count). The predicted octanol–water partition coefficient (Wildman–Crippen LogP) is 2.92. The molecular weight excluding hydrogens is 522 g/mol. The molecule has 4 atom stereocenters. The van der Waals surface area contributed by atoms with E-state index >= 15 is 0 Å². The summed E-state index contributed by atoms with van der Waals surface area (Å²) in [5.41, 5.74) is 0.999. The molecule has 3 aliphatic rings. The van der Waals surface area contributed by atoms with Gasteiger partial charge in [0.2, 0.25) is 11.8 Å². The second-order valence-corrected chi connectivity index (χ2v) is 12.4. The van der Waals surface area contributed by atoms with Crippen LogP contribution in [-0.4, -0.2) is 64.5 Å². The lowest BCUT2D eigenvalue weighted by atomic mass is 9.66. The van der Waals surface area contributed by atoms with Crippen LogP contribution in [0.4, 0.5) is 5.69 Å². The van der Waals surface area contributed by atoms with Crippen molar-refractivity contribution < 1.29 is 24.2 Å². The van der Waals surface area contributed by atoms with Crippen LogP contribution in [0.5, 0.6) is 0 Å². The van der Waals surface area contributed by atoms with E-state index in [0.29, 0.717) is 36.7 Å². The molecule has 2 saturated carbocycles. The Morgan fingerprint density at radius 2 is 1.85 bits per heavy atom. The Kier molecular flexibility index (Phi) is 8.52. The van der Waals surface area contributed by atoms with Crippen LogP contribution in [0.2, 0.25) is 0 Å². The van der Waals surface area contributed by atoms with Crippen molar-refractivity contribution in [1.29, 1.82) is 0 Å². The topological polar surface area (TPSA) is 135 Å². The Morgan fingerprint density at radius 1 is 1.12 bits per heavy atom. The van der Waals surface area contributed by atoms with Crippen molar-refractivity contribution in [3.05, 3.63) is 47.8 Å². The Hall–Kier alpha value is -3.24. The van der Waals surface area contributed by atoms with E-state index < -0.39 is 11.5 Å². The van der Waals surface area contributed by atoms with Gasteiger partial charge in [-0.25, -0.2) is 0 Å². The monoisotopic (exact) mass is 565 g/mol. The van der Waals surface area contributed by atoms with E-state index in [1.165, 1.54) is 4.68 Å². The molecule has 0 bridgehead atoms. The molecule has 0 spiro atoms. The van der Waals surface area contributed by atoms with Crippen LogP contribution in [0.15, 0.2) is 36.5 Å². The first-order valence-corrected chi connectivity index (χ1v) is 14.9. The summed E-state index contributed by atoms with van der Waals surface area (Å²) in [6, 6.07) is 8.00. The summed E-state index contributed by atoms with van der Waals surface area (Å²) in [6.45, 7) is 4.76. The Balaban J connectivity index is 1.36. The van der Waals surface area contributed by atoms with Gasteiger partial charge >= 0.3 is 0 Å². The molecule has 1 aromatic carbocycles. The van der Waals surface area contributed by atoms with E-state index in [9.17, 15) is 19.5 Å². The zero-order valence-corrected chi connectivity index (χ0v) is 24.3. The molecule has 2 aromatic rings. The van der Waals surface area contributed by atoms with Crippen LogP contribution in [0.3, 0.4) is 0 Å². The molecule has 4 N–H and O–H groups in total. The average Bonchev–Trinajstić information content (AvgIpc) is 3.29. The number of aromatic nitrogens is 2. The number of benzene rings is 1. The maximum atomic E-state index is 13.9. The zero-order chi connectivity index (χ0) is 29.2. The summed E-state index contributed by atoms with van der Waals surface area (Å²) in [7, 11) is 1.71. The van der Waals surface area contributed by atoms with Gasteiger partial charge in [0.1, 0.15) is 11.7 Å². The first-order chi connectivity index (χ1) is 19.7. The van der Waals surface area contributed by atoms with Crippen molar-refractivity contribution in [2.45, 2.75) is 76.3 Å². The van der Waals surface area contributed by atoms with Crippen molar-refractivity contribution in [3.63, 3.8) is 0 Å². The lowest BCUT2D eigenvalue weighted by Gasteiger charge is -2.42. The van der Waals surface area contributed by atoms with Crippen LogP contribution in [0.25, 0.3) is 0 Å². The van der Waals surface area contributed by atoms with Crippen molar-refractivity contribution in [1.82, 2.24) is 20.4 Å². The van der Waals surface area contributed by atoms with Gasteiger partial charge in [-0.15, -0.1) is 0 Å². The fraction of sp³-hybridized carbons (Fsp3) is 0.613. The summed E-state index contributed by atoms with van der Waals surface area (Å²) < 4.78 is 7.17. The minimum Gasteiger partial charge on any atom is -0.394 e. The highest BCUT2D eigenvalue weighted by molar-refractivity contribution is 6.01. The lowest BCUT2D eigenvalue weighted by molar-refractivity contribution is -0.128. The molecule has 41 heavy (non-hydrogen) atoms. The van der Waals surface area contributed by atoms with E-state index in [1.807, 2.05) is 19.1 Å². The molecule has 3 fully saturated rings. The fourth-order valence-corrected chi connectivity index (χ4v) is 6.50. The van der Waals surface area contributed by atoms with Crippen LogP contribution in [0.1, 0.15) is 74.8 Å². The van der Waals surface area contributed by atoms with Gasteiger partial charge in [-0.3, -0.25) is 19.1 Å². The number of rotatable bonds is 12. The van der Waals surface area contributed by atoms with E-state index in [1.54, 1.807) is 31.4 Å². The van der Waals surface area contributed by atoms with Gasteiger partial charge in [-0.1, -0.05) is 45.2 Å². The molecule has 1 aromatic heterocycles. The molecule has 222 valence electrons. The van der Waals surface area contributed by atoms with Gasteiger partial charge in [0, 0.05) is 25.5 Å². The number of anilines is 1. The van der Waals surface area contributed by atoms with E-state index in [2.05, 4.69) is 28.0 Å². The van der Waals surface area contributed by atoms with Crippen LogP contribution in [-0.2, 0) is 26.8 Å². The Morgan fingerprint density at radius 3 is 2.37 bits per heavy atom. The van der Waals surface area contributed by atoms with Gasteiger partial charge in [-0.2, -0.15) is 5.10 Å². The van der Waals surface area contributed by atoms with Gasteiger partial charge in [-0.05, 0) is 66.7 Å². The van der Waals surface area contributed by atoms with Crippen LogP contribution < -0.4 is 16.0 Å². The molecule has 10 nitrogen and oxygen atoms in total. The molecule has 2 aliphatic carbocycles. The van der Waals surface area contributed by atoms with Crippen molar-refractivity contribution in [2.24, 2.45) is 24.3 Å². The third-order valence-corrected chi connectivity index (χ3v) is 9.69. The smallest absolute Gasteiger partial charge is 0.270 e. The molecule has 2 heterocycles. The first-order valence-electron chi connectivity index (χ1n) is 14.9. The minimum absolute atomic E-state index is 0.0316. The van der Waals surface area contributed by atoms with E-state index in [0.717, 1.165) is 37.7 Å². The number of nitrogens with zero attached hydrogens (tertiary/aromatic N) is 2. The SMILES string of the molecule is CC[C@H](CO)NC(=O)C1(c2ccc(NC(=O)[C@@H](NC(=O)c3ccnn3C)C(C3CCC3)C3(C)CC3)cc2)CCOC1. The molecule has 3 amide bonds. The normalized spacial score (nSPS) is 23.6. The Bertz CT molecular complexity index is 1240. The number of carbonyl (C=O) groups is 3. The average molecular weight is 566 g/mol. The highest BCUT2D eigenvalue weighted by Gasteiger charge is 2.54. The van der Waals surface area contributed by atoms with Crippen LogP contribution in [0, 0.1) is 17.3 Å². The second kappa shape index (κ2) is 11.9. The molecular formula is C31H43N5O5. The van der Waals surface area contributed by atoms with Gasteiger partial charge in [0.15, 0.2) is 0 Å². The zero-order valence-electron chi connectivity index (χ0n) is 24.3. The molecule has 1 aliphatic heterocycles. The summed E-state index contributed by atoms with van der Waals surface area (Å²) in [4.78, 5) is 40.5. The largest absolute Gasteiger partial charge is 0.394 e. The maximum Gasteiger partial charge on any atom is 0.270 e. The molecule has 0 radical (unpaired) electrons. The third kappa shape index (κ3) is 5.90. The van der Waals surface area contributed by atoms with E-state index in [-0.39, 0.29) is 48.3 Å². The number of aliphatic hydroxyl groups excluding tert-OH is 1. The van der Waals surface area contributed by atoms with Crippen LogP contribution >= 0.6 is 0 Å². The van der Waals surface area contributed by atoms with Gasteiger partial charge < -0.3 is 25.8 Å². The van der Waals surface area contributed by atoms with E-state index in [4.69, 9.17) is 4.74 Å². The van der Waals surface area contributed by atoms with Gasteiger partial charge in [0.25, 0.3) is 5.91 Å². The first kappa shape index (κ1) is 29.3. The number of hydrogen-bond acceptors (Lipinski definition) is 6. The van der Waals surface area contributed by atoms with Crippen molar-refractivity contribution in [2.75, 3.05) is 25.1 Å². The standard InChI is InChI=1S/C31H43N5O5/c1-4-22(18-37)34-29(40)31(15-17-41-19-31)21-8-10-23(11-9-21)33-28(39)26(35-27(38)24-12-16-32-36(24)3)25(20-6-5-7-20)30(2)13-14-30/h8-12,16,20,22,25-26,37H,4-7,13-15,17-19H2,1-3H3,(H,33,39)(H,34,40)(H,35,38)/t22-,25?,26+,31?/m1/s1. The summed E-state index contributed by atoms with van der Waals surface area (Å²) in [6.07, 6.45) is 8.14. The number of hydrogen-bond donors (Lipinski definition) is 4. The number of aliphatic hydroxyl groups is 1. The van der Waals surface area contributed by atoms with Crippen molar-refractivity contribution in [3.8, 4) is 0 Å². The summed E-state index contributed by atoms with van der Waals surface area (Å²) >= 11 is 0. The number of nitrogens with one attached hydrogen (secondary N) is 3. The number of aryl methyl sites for hydroxylation is 1. The van der Waals surface area contributed by atoms with Crippen molar-refractivity contribution >= 4 is 23.4 Å². The molecule has 10 heteroatoms.